The number of phosphoric acid groups is 2. The van der Waals surface area contributed by atoms with Gasteiger partial charge in [-0.2, -0.15) is 4.31 Å². The van der Waals surface area contributed by atoms with Crippen LogP contribution in [0.4, 0.5) is 0 Å². The van der Waals surface area contributed by atoms with Gasteiger partial charge in [0.25, 0.3) is 5.56 Å². The van der Waals surface area contributed by atoms with E-state index in [-0.39, 0.29) is 0 Å². The first-order valence-corrected chi connectivity index (χ1v) is 13.0. The van der Waals surface area contributed by atoms with Gasteiger partial charge in [0.1, 0.15) is 42.7 Å². The van der Waals surface area contributed by atoms with Crippen LogP contribution in [0.25, 0.3) is 0 Å². The summed E-state index contributed by atoms with van der Waals surface area (Å²) >= 11 is 0. The molecule has 21 heteroatoms. The summed E-state index contributed by atoms with van der Waals surface area (Å²) in [4.78, 5) is 44.5. The molecule has 2 fully saturated rings. The number of aromatic amines is 1. The fourth-order valence-corrected chi connectivity index (χ4v) is 5.51. The normalized spacial score (nSPS) is 38.4. The maximum absolute atomic E-state index is 12.2. The van der Waals surface area contributed by atoms with Crippen LogP contribution >= 0.6 is 15.6 Å². The van der Waals surface area contributed by atoms with Gasteiger partial charge in [-0.05, 0) is 0 Å². The number of hydrogen-bond acceptors (Lipinski definition) is 15. The molecule has 2 saturated heterocycles. The van der Waals surface area contributed by atoms with Crippen molar-refractivity contribution in [2.24, 2.45) is 0 Å². The Morgan fingerprint density at radius 3 is 2.17 bits per heavy atom. The summed E-state index contributed by atoms with van der Waals surface area (Å²) in [7, 11) is -11.1. The zero-order valence-electron chi connectivity index (χ0n) is 17.9. The minimum atomic E-state index is -5.59. The van der Waals surface area contributed by atoms with Crippen LogP contribution in [0.1, 0.15) is 6.23 Å². The van der Waals surface area contributed by atoms with Gasteiger partial charge in [-0.25, -0.2) is 13.9 Å². The molecule has 1 aromatic rings. The molecule has 0 radical (unpaired) electrons. The minimum Gasteiger partial charge on any atom is -0.394 e. The van der Waals surface area contributed by atoms with Crippen molar-refractivity contribution in [1.29, 1.82) is 0 Å². The van der Waals surface area contributed by atoms with E-state index in [9.17, 15) is 54.0 Å². The third-order valence-electron chi connectivity index (χ3n) is 5.16. The van der Waals surface area contributed by atoms with Crippen molar-refractivity contribution in [3.8, 4) is 0 Å². The smallest absolute Gasteiger partial charge is 0.394 e. The van der Waals surface area contributed by atoms with E-state index in [1.165, 1.54) is 0 Å². The molecule has 2 aliphatic rings. The molecule has 0 aromatic carbocycles. The van der Waals surface area contributed by atoms with E-state index in [0.717, 1.165) is 16.8 Å². The lowest BCUT2D eigenvalue weighted by Crippen LogP contribution is -2.58. The molecule has 2 unspecified atom stereocenters. The number of aliphatic hydroxyl groups excluding tert-OH is 6. The van der Waals surface area contributed by atoms with E-state index in [1.807, 2.05) is 4.98 Å². The van der Waals surface area contributed by atoms with Gasteiger partial charge >= 0.3 is 21.3 Å². The highest BCUT2D eigenvalue weighted by molar-refractivity contribution is 7.61. The van der Waals surface area contributed by atoms with Gasteiger partial charge in [0.05, 0.1) is 13.2 Å². The second-order valence-electron chi connectivity index (χ2n) is 7.68. The number of hydrogen-bond donors (Lipinski definition) is 9. The number of aliphatic hydroxyl groups is 6. The molecule has 0 saturated carbocycles. The monoisotopic (exact) mass is 566 g/mol. The summed E-state index contributed by atoms with van der Waals surface area (Å²) < 4.78 is 48.1. The molecule has 0 aliphatic carbocycles. The maximum atomic E-state index is 12.2. The zero-order chi connectivity index (χ0) is 27.0. The molecule has 1 aromatic heterocycles. The summed E-state index contributed by atoms with van der Waals surface area (Å²) in [6.45, 7) is -1.93. The van der Waals surface area contributed by atoms with E-state index in [4.69, 9.17) is 14.6 Å². The first kappa shape index (κ1) is 29.2. The first-order valence-electron chi connectivity index (χ1n) is 9.99. The molecule has 9 N–H and O–H groups in total. The Morgan fingerprint density at radius 2 is 1.56 bits per heavy atom. The SMILES string of the molecule is O=c1ccn([C@H]2O[C@@H](COP(=O)(O)OP(=O)(O)O[C@H]3O[C@@H](CO)[C@H](O)[C@@H](O)[C@@H]3O)[C@H](O)[C@@H]2O)c(=O)[nH]1. The summed E-state index contributed by atoms with van der Waals surface area (Å²) in [6, 6.07) is 0.928. The highest BCUT2D eigenvalue weighted by atomic mass is 31.3. The lowest BCUT2D eigenvalue weighted by molar-refractivity contribution is -0.280. The Kier molecular flexibility index (Phi) is 9.05. The fourth-order valence-electron chi connectivity index (χ4n) is 3.35. The highest BCUT2D eigenvalue weighted by Crippen LogP contribution is 2.61. The Morgan fingerprint density at radius 1 is 0.917 bits per heavy atom. The van der Waals surface area contributed by atoms with Gasteiger partial charge in [0.2, 0.25) is 0 Å². The molecule has 0 bridgehead atoms. The van der Waals surface area contributed by atoms with Gasteiger partial charge in [-0.15, -0.1) is 0 Å². The average Bonchev–Trinajstić information content (AvgIpc) is 3.06. The molecule has 0 amide bonds. The van der Waals surface area contributed by atoms with Crippen molar-refractivity contribution in [1.82, 2.24) is 9.55 Å². The molecule has 206 valence electrons. The lowest BCUT2D eigenvalue weighted by atomic mass is 10.00. The second-order valence-corrected chi connectivity index (χ2v) is 10.7. The van der Waals surface area contributed by atoms with Crippen LogP contribution < -0.4 is 11.2 Å². The lowest BCUT2D eigenvalue weighted by Gasteiger charge is -2.39. The summed E-state index contributed by atoms with van der Waals surface area (Å²) in [6.07, 6.45) is -15.4. The molecular formula is C15H24N2O17P2. The topological polar surface area (TPSA) is 297 Å². The molecular weight excluding hydrogens is 542 g/mol. The number of nitrogens with zero attached hydrogens (tertiary/aromatic N) is 1. The Labute approximate surface area is 199 Å². The van der Waals surface area contributed by atoms with E-state index in [1.54, 1.807) is 0 Å². The van der Waals surface area contributed by atoms with Crippen molar-refractivity contribution in [3.63, 3.8) is 0 Å². The third-order valence-corrected chi connectivity index (χ3v) is 7.76. The third kappa shape index (κ3) is 6.54. The van der Waals surface area contributed by atoms with Gasteiger partial charge < -0.3 is 49.9 Å². The average molecular weight is 566 g/mol. The predicted octanol–water partition coefficient (Wildman–Crippen LogP) is -4.79. The van der Waals surface area contributed by atoms with Crippen LogP contribution in [0.3, 0.4) is 0 Å². The Balaban J connectivity index is 1.61. The number of nitrogens with one attached hydrogen (secondary N) is 1. The van der Waals surface area contributed by atoms with Crippen LogP contribution in [0.15, 0.2) is 21.9 Å². The van der Waals surface area contributed by atoms with Crippen LogP contribution in [0.5, 0.6) is 0 Å². The fraction of sp³-hybridized carbons (Fsp3) is 0.733. The molecule has 19 nitrogen and oxygen atoms in total. The standard InChI is InChI=1S/C15H24N2O17P2/c18-3-5-8(20)10(22)12(24)14(32-5)33-36(28,29)34-35(26,27)30-4-6-9(21)11(23)13(31-6)17-2-1-7(19)16-15(17)25/h1-2,5-6,8-14,18,20-24H,3-4H2,(H,26,27)(H,28,29)(H,16,19,25)/t5-,6-,8-,9-,10+,11-,12-,13-,14+/m0/s1. The van der Waals surface area contributed by atoms with E-state index in [0.29, 0.717) is 0 Å². The molecule has 36 heavy (non-hydrogen) atoms. The van der Waals surface area contributed by atoms with Gasteiger partial charge in [0, 0.05) is 12.3 Å². The minimum absolute atomic E-state index is 0.723. The zero-order valence-corrected chi connectivity index (χ0v) is 19.6. The van der Waals surface area contributed by atoms with Crippen molar-refractivity contribution < 1.29 is 72.4 Å². The summed E-state index contributed by atoms with van der Waals surface area (Å²) in [5.74, 6) is 0. The quantitative estimate of drug-likeness (QED) is 0.127. The summed E-state index contributed by atoms with van der Waals surface area (Å²) in [5, 5.41) is 58.6. The van der Waals surface area contributed by atoms with Crippen molar-refractivity contribution in [3.05, 3.63) is 33.1 Å². The van der Waals surface area contributed by atoms with Crippen molar-refractivity contribution in [2.45, 2.75) is 55.2 Å². The first-order chi connectivity index (χ1) is 16.7. The highest BCUT2D eigenvalue weighted by Gasteiger charge is 2.49. The largest absolute Gasteiger partial charge is 0.483 e. The molecule has 11 atom stereocenters. The van der Waals surface area contributed by atoms with E-state index >= 15 is 0 Å². The number of phosphoric ester groups is 2. The molecule has 2 aliphatic heterocycles. The van der Waals surface area contributed by atoms with E-state index in [2.05, 4.69) is 13.4 Å². The van der Waals surface area contributed by atoms with Gasteiger partial charge in [0.15, 0.2) is 12.5 Å². The van der Waals surface area contributed by atoms with Gasteiger partial charge in [-0.1, -0.05) is 0 Å². The Bertz CT molecular complexity index is 1120. The number of H-pyrrole nitrogens is 1. The van der Waals surface area contributed by atoms with Crippen molar-refractivity contribution in [2.75, 3.05) is 13.2 Å². The number of aromatic nitrogens is 2. The number of rotatable bonds is 9. The Hall–Kier alpha value is -1.38. The van der Waals surface area contributed by atoms with Gasteiger partial charge in [-0.3, -0.25) is 23.4 Å². The molecule has 0 spiro atoms. The van der Waals surface area contributed by atoms with Crippen LogP contribution in [-0.2, 0) is 32.0 Å². The predicted molar refractivity (Wildman–Crippen MR) is 109 cm³/mol. The second kappa shape index (κ2) is 11.2. The molecule has 3 heterocycles. The van der Waals surface area contributed by atoms with E-state index < -0.39 is 95.4 Å². The maximum Gasteiger partial charge on any atom is 0.483 e. The van der Waals surface area contributed by atoms with Crippen LogP contribution in [-0.4, -0.2) is 112 Å². The van der Waals surface area contributed by atoms with Crippen molar-refractivity contribution >= 4 is 15.6 Å². The molecule has 3 rings (SSSR count). The van der Waals surface area contributed by atoms with Crippen LogP contribution in [0, 0.1) is 0 Å². The van der Waals surface area contributed by atoms with Crippen LogP contribution in [0.2, 0.25) is 0 Å². The number of ether oxygens (including phenoxy) is 2. The summed E-state index contributed by atoms with van der Waals surface area (Å²) in [5.41, 5.74) is -1.75.